The molecule has 0 aliphatic rings. The highest BCUT2D eigenvalue weighted by Crippen LogP contribution is 2.29. The van der Waals surface area contributed by atoms with E-state index < -0.39 is 16.0 Å². The van der Waals surface area contributed by atoms with Crippen LogP contribution in [-0.4, -0.2) is 39.3 Å². The lowest BCUT2D eigenvalue weighted by Crippen LogP contribution is -2.31. The smallest absolute Gasteiger partial charge is 0.337 e. The van der Waals surface area contributed by atoms with E-state index in [4.69, 9.17) is 21.4 Å². The summed E-state index contributed by atoms with van der Waals surface area (Å²) < 4.78 is 31.6. The molecule has 1 rings (SSSR count). The molecule has 1 aromatic rings. The molecule has 0 saturated heterocycles. The maximum Gasteiger partial charge on any atom is 0.337 e. The van der Waals surface area contributed by atoms with Crippen molar-refractivity contribution in [2.45, 2.75) is 17.9 Å². The molecule has 20 heavy (non-hydrogen) atoms. The van der Waals surface area contributed by atoms with Crippen LogP contribution in [0, 0.1) is 0 Å². The van der Waals surface area contributed by atoms with Crippen molar-refractivity contribution in [3.8, 4) is 0 Å². The summed E-state index contributed by atoms with van der Waals surface area (Å²) >= 11 is 8.84. The Bertz CT molecular complexity index is 619. The Balaban J connectivity index is 3.16. The maximum absolute atomic E-state index is 12.1. The minimum absolute atomic E-state index is 0.0540. The van der Waals surface area contributed by atoms with Crippen molar-refractivity contribution in [1.29, 1.82) is 0 Å². The molecular formula is C11H13BrClNO5S. The topological polar surface area (TPSA) is 92.7 Å². The van der Waals surface area contributed by atoms with Crippen LogP contribution in [0.5, 0.6) is 0 Å². The summed E-state index contributed by atoms with van der Waals surface area (Å²) in [4.78, 5) is 10.8. The summed E-state index contributed by atoms with van der Waals surface area (Å²) in [5.74, 6) is -1.31. The minimum atomic E-state index is -3.84. The second kappa shape index (κ2) is 6.86. The van der Waals surface area contributed by atoms with Gasteiger partial charge in [0.2, 0.25) is 10.0 Å². The number of nitrogens with one attached hydrogen (secondary N) is 1. The third kappa shape index (κ3) is 4.16. The average Bonchev–Trinajstić information content (AvgIpc) is 2.38. The van der Waals surface area contributed by atoms with Crippen LogP contribution in [0.25, 0.3) is 0 Å². The number of rotatable bonds is 6. The Labute approximate surface area is 130 Å². The lowest BCUT2D eigenvalue weighted by atomic mass is 10.2. The van der Waals surface area contributed by atoms with E-state index in [0.29, 0.717) is 0 Å². The highest BCUT2D eigenvalue weighted by Gasteiger charge is 2.21. The van der Waals surface area contributed by atoms with Gasteiger partial charge in [-0.15, -0.1) is 0 Å². The van der Waals surface area contributed by atoms with Crippen LogP contribution in [0.2, 0.25) is 5.02 Å². The zero-order chi connectivity index (χ0) is 15.5. The first-order valence-corrected chi connectivity index (χ1v) is 8.09. The van der Waals surface area contributed by atoms with E-state index in [1.54, 1.807) is 6.92 Å². The predicted octanol–water partition coefficient (Wildman–Crippen LogP) is 2.11. The lowest BCUT2D eigenvalue weighted by molar-refractivity contribution is 0.0696. The van der Waals surface area contributed by atoms with Crippen molar-refractivity contribution in [3.05, 3.63) is 27.2 Å². The van der Waals surface area contributed by atoms with Crippen molar-refractivity contribution >= 4 is 43.5 Å². The molecule has 112 valence electrons. The fourth-order valence-corrected chi connectivity index (χ4v) is 3.24. The number of benzene rings is 1. The minimum Gasteiger partial charge on any atom is -0.478 e. The molecular weight excluding hydrogens is 374 g/mol. The van der Waals surface area contributed by atoms with Crippen LogP contribution >= 0.6 is 27.5 Å². The molecule has 0 saturated carbocycles. The lowest BCUT2D eigenvalue weighted by Gasteiger charge is -2.12. The van der Waals surface area contributed by atoms with Gasteiger partial charge in [-0.25, -0.2) is 17.9 Å². The number of carboxylic acids is 1. The van der Waals surface area contributed by atoms with E-state index in [-0.39, 0.29) is 32.6 Å². The molecule has 0 aliphatic carbocycles. The monoisotopic (exact) mass is 385 g/mol. The summed E-state index contributed by atoms with van der Waals surface area (Å²) in [6, 6.07) is 2.25. The Kier molecular flexibility index (Phi) is 5.96. The van der Waals surface area contributed by atoms with Gasteiger partial charge in [0.25, 0.3) is 0 Å². The van der Waals surface area contributed by atoms with Crippen LogP contribution in [0.1, 0.15) is 17.3 Å². The Morgan fingerprint density at radius 3 is 2.65 bits per heavy atom. The fourth-order valence-electron chi connectivity index (χ4n) is 1.27. The zero-order valence-electron chi connectivity index (χ0n) is 10.7. The second-order valence-electron chi connectivity index (χ2n) is 3.97. The van der Waals surface area contributed by atoms with Crippen LogP contribution in [-0.2, 0) is 14.8 Å². The summed E-state index contributed by atoms with van der Waals surface area (Å²) in [6.45, 7) is 1.77. The third-order valence-corrected chi connectivity index (χ3v) is 5.17. The van der Waals surface area contributed by atoms with Gasteiger partial charge in [-0.1, -0.05) is 11.6 Å². The SMILES string of the molecule is COC(C)CNS(=O)(=O)c1cc(Br)c(Cl)c(C(=O)O)c1. The number of carboxylic acid groups (broad SMARTS) is 1. The van der Waals surface area contributed by atoms with Crippen LogP contribution < -0.4 is 4.72 Å². The van der Waals surface area contributed by atoms with E-state index in [9.17, 15) is 13.2 Å². The molecule has 1 unspecified atom stereocenters. The van der Waals surface area contributed by atoms with Gasteiger partial charge in [0.1, 0.15) is 0 Å². The van der Waals surface area contributed by atoms with Gasteiger partial charge in [0.15, 0.2) is 0 Å². The largest absolute Gasteiger partial charge is 0.478 e. The molecule has 2 N–H and O–H groups in total. The molecule has 6 nitrogen and oxygen atoms in total. The Morgan fingerprint density at radius 1 is 1.55 bits per heavy atom. The van der Waals surface area contributed by atoms with Crippen LogP contribution in [0.15, 0.2) is 21.5 Å². The molecule has 0 heterocycles. The molecule has 0 bridgehead atoms. The molecule has 0 spiro atoms. The number of methoxy groups -OCH3 is 1. The molecule has 0 radical (unpaired) electrons. The highest BCUT2D eigenvalue weighted by atomic mass is 79.9. The summed E-state index contributed by atoms with van der Waals surface area (Å²) in [5.41, 5.74) is -0.291. The summed E-state index contributed by atoms with van der Waals surface area (Å²) in [6.07, 6.45) is -0.306. The van der Waals surface area contributed by atoms with Crippen LogP contribution in [0.4, 0.5) is 0 Å². The van der Waals surface area contributed by atoms with Gasteiger partial charge < -0.3 is 9.84 Å². The number of halogens is 2. The molecule has 0 aliphatic heterocycles. The number of hydrogen-bond donors (Lipinski definition) is 2. The standard InChI is InChI=1S/C11H13BrClNO5S/c1-6(19-2)5-14-20(17,18)7-3-8(11(15)16)10(13)9(12)4-7/h3-4,6,14H,5H2,1-2H3,(H,15,16). The highest BCUT2D eigenvalue weighted by molar-refractivity contribution is 9.10. The van der Waals surface area contributed by atoms with Gasteiger partial charge in [0.05, 0.1) is 21.6 Å². The summed E-state index contributed by atoms with van der Waals surface area (Å²) in [7, 11) is -2.38. The average molecular weight is 387 g/mol. The predicted molar refractivity (Wildman–Crippen MR) is 77.8 cm³/mol. The van der Waals surface area contributed by atoms with Gasteiger partial charge >= 0.3 is 5.97 Å². The molecule has 1 aromatic carbocycles. The first-order valence-electron chi connectivity index (χ1n) is 5.44. The van der Waals surface area contributed by atoms with Gasteiger partial charge in [-0.05, 0) is 35.0 Å². The maximum atomic E-state index is 12.1. The quantitative estimate of drug-likeness (QED) is 0.781. The number of hydrogen-bond acceptors (Lipinski definition) is 4. The number of ether oxygens (including phenoxy) is 1. The number of sulfonamides is 1. The van der Waals surface area contributed by atoms with E-state index in [0.717, 1.165) is 6.07 Å². The molecule has 1 atom stereocenters. The third-order valence-electron chi connectivity index (χ3n) is 2.51. The van der Waals surface area contributed by atoms with Gasteiger partial charge in [-0.3, -0.25) is 0 Å². The molecule has 9 heteroatoms. The fraction of sp³-hybridized carbons (Fsp3) is 0.364. The van der Waals surface area contributed by atoms with Gasteiger partial charge in [0, 0.05) is 18.1 Å². The van der Waals surface area contributed by atoms with Gasteiger partial charge in [-0.2, -0.15) is 0 Å². The number of aromatic carboxylic acids is 1. The Morgan fingerprint density at radius 2 is 2.15 bits per heavy atom. The van der Waals surface area contributed by atoms with Crippen molar-refractivity contribution in [1.82, 2.24) is 4.72 Å². The van der Waals surface area contributed by atoms with Crippen molar-refractivity contribution in [3.63, 3.8) is 0 Å². The first-order chi connectivity index (χ1) is 9.19. The van der Waals surface area contributed by atoms with E-state index in [1.165, 1.54) is 13.2 Å². The van der Waals surface area contributed by atoms with Crippen molar-refractivity contribution in [2.75, 3.05) is 13.7 Å². The molecule has 0 fully saturated rings. The van der Waals surface area contributed by atoms with Crippen molar-refractivity contribution < 1.29 is 23.1 Å². The molecule has 0 aromatic heterocycles. The second-order valence-corrected chi connectivity index (χ2v) is 6.97. The van der Waals surface area contributed by atoms with E-state index in [1.807, 2.05) is 0 Å². The van der Waals surface area contributed by atoms with Crippen LogP contribution in [0.3, 0.4) is 0 Å². The molecule has 0 amide bonds. The first kappa shape index (κ1) is 17.4. The Hall–Kier alpha value is -0.670. The normalized spacial score (nSPS) is 13.2. The zero-order valence-corrected chi connectivity index (χ0v) is 13.8. The van der Waals surface area contributed by atoms with E-state index in [2.05, 4.69) is 20.7 Å². The van der Waals surface area contributed by atoms with E-state index >= 15 is 0 Å². The summed E-state index contributed by atoms with van der Waals surface area (Å²) in [5, 5.41) is 8.94. The van der Waals surface area contributed by atoms with Crippen molar-refractivity contribution in [2.24, 2.45) is 0 Å². The number of carbonyl (C=O) groups is 1.